The number of nitrogens with one attached hydrogen (secondary N) is 1. The number of esters is 1. The number of H-pyrrole nitrogens is 1. The lowest BCUT2D eigenvalue weighted by Gasteiger charge is -2.07. The van der Waals surface area contributed by atoms with Crippen molar-refractivity contribution in [2.75, 3.05) is 6.61 Å². The highest BCUT2D eigenvalue weighted by atomic mass is 16.5. The molecule has 0 aliphatic rings. The molecule has 1 aromatic heterocycles. The van der Waals surface area contributed by atoms with E-state index >= 15 is 0 Å². The third-order valence-electron chi connectivity index (χ3n) is 2.16. The average Bonchev–Trinajstić information content (AvgIpc) is 2.29. The van der Waals surface area contributed by atoms with Crippen molar-refractivity contribution in [3.8, 4) is 5.75 Å². The summed E-state index contributed by atoms with van der Waals surface area (Å²) in [6.07, 6.45) is 0. The van der Waals surface area contributed by atoms with Crippen molar-refractivity contribution >= 4 is 5.97 Å². The van der Waals surface area contributed by atoms with E-state index in [9.17, 15) is 14.7 Å². The minimum atomic E-state index is -0.806. The molecule has 0 amide bonds. The number of rotatable bonds is 2. The number of carbonyl (C=O) groups is 1. The van der Waals surface area contributed by atoms with Crippen molar-refractivity contribution in [2.45, 2.75) is 34.6 Å². The van der Waals surface area contributed by atoms with Crippen LogP contribution in [0.4, 0.5) is 0 Å². The molecule has 2 N–H and O–H groups in total. The van der Waals surface area contributed by atoms with E-state index in [-0.39, 0.29) is 17.9 Å². The van der Waals surface area contributed by atoms with Gasteiger partial charge in [-0.05, 0) is 20.8 Å². The van der Waals surface area contributed by atoms with E-state index in [1.807, 2.05) is 13.8 Å². The third kappa shape index (κ3) is 3.34. The smallest absolute Gasteiger partial charge is 0.347 e. The van der Waals surface area contributed by atoms with Crippen molar-refractivity contribution < 1.29 is 14.6 Å². The summed E-state index contributed by atoms with van der Waals surface area (Å²) >= 11 is 0. The molecule has 0 aliphatic carbocycles. The molecule has 0 bridgehead atoms. The summed E-state index contributed by atoms with van der Waals surface area (Å²) in [5, 5.41) is 9.64. The van der Waals surface area contributed by atoms with Crippen LogP contribution in [0.2, 0.25) is 0 Å². The minimum Gasteiger partial charge on any atom is -0.506 e. The van der Waals surface area contributed by atoms with Gasteiger partial charge in [-0.3, -0.25) is 4.79 Å². The Bertz CT molecular complexity index is 449. The maximum absolute atomic E-state index is 11.4. The molecule has 0 aromatic carbocycles. The van der Waals surface area contributed by atoms with E-state index in [2.05, 4.69) is 9.72 Å². The fraction of sp³-hybridized carbons (Fsp3) is 0.500. The molecule has 1 rings (SSSR count). The van der Waals surface area contributed by atoms with Crippen LogP contribution < -0.4 is 5.56 Å². The molecule has 5 nitrogen and oxygen atoms in total. The number of hydrogen-bond donors (Lipinski definition) is 2. The fourth-order valence-electron chi connectivity index (χ4n) is 1.19. The predicted molar refractivity (Wildman–Crippen MR) is 65.5 cm³/mol. The molecule has 17 heavy (non-hydrogen) atoms. The SMILES string of the molecule is CC.CCOC(=O)c1c(O)c(C)c(C)[nH]c1=O. The van der Waals surface area contributed by atoms with Gasteiger partial charge in [0.25, 0.3) is 5.56 Å². The van der Waals surface area contributed by atoms with Gasteiger partial charge >= 0.3 is 5.97 Å². The van der Waals surface area contributed by atoms with Crippen LogP contribution in [0.3, 0.4) is 0 Å². The van der Waals surface area contributed by atoms with Gasteiger partial charge in [-0.15, -0.1) is 0 Å². The lowest BCUT2D eigenvalue weighted by atomic mass is 10.1. The predicted octanol–water partition coefficient (Wildman–Crippen LogP) is 1.90. The van der Waals surface area contributed by atoms with Gasteiger partial charge < -0.3 is 14.8 Å². The monoisotopic (exact) mass is 241 g/mol. The third-order valence-corrected chi connectivity index (χ3v) is 2.16. The standard InChI is InChI=1S/C10H13NO4.C2H6/c1-4-15-10(14)7-8(12)5(2)6(3)11-9(7)13;1-2/h4H2,1-3H3,(H2,11,12,13);1-2H3. The second kappa shape index (κ2) is 6.73. The van der Waals surface area contributed by atoms with Crippen LogP contribution in [0.5, 0.6) is 5.75 Å². The second-order valence-corrected chi connectivity index (χ2v) is 3.15. The van der Waals surface area contributed by atoms with Crippen LogP contribution in [0.1, 0.15) is 42.4 Å². The maximum atomic E-state index is 11.4. The van der Waals surface area contributed by atoms with Crippen LogP contribution in [0, 0.1) is 13.8 Å². The van der Waals surface area contributed by atoms with Crippen LogP contribution in [0.25, 0.3) is 0 Å². The lowest BCUT2D eigenvalue weighted by molar-refractivity contribution is 0.0520. The Hall–Kier alpha value is -1.78. The molecular weight excluding hydrogens is 222 g/mol. The summed E-state index contributed by atoms with van der Waals surface area (Å²) in [6.45, 7) is 9.05. The average molecular weight is 241 g/mol. The lowest BCUT2D eigenvalue weighted by Crippen LogP contribution is -2.21. The molecule has 0 saturated carbocycles. The summed E-state index contributed by atoms with van der Waals surface area (Å²) in [7, 11) is 0. The fourth-order valence-corrected chi connectivity index (χ4v) is 1.19. The zero-order valence-corrected chi connectivity index (χ0v) is 10.9. The van der Waals surface area contributed by atoms with E-state index in [4.69, 9.17) is 0 Å². The first-order valence-electron chi connectivity index (χ1n) is 5.58. The summed E-state index contributed by atoms with van der Waals surface area (Å²) in [6, 6.07) is 0. The van der Waals surface area contributed by atoms with E-state index in [1.54, 1.807) is 20.8 Å². The molecule has 1 aromatic rings. The Morgan fingerprint density at radius 3 is 2.35 bits per heavy atom. The van der Waals surface area contributed by atoms with Gasteiger partial charge in [0, 0.05) is 11.3 Å². The number of hydrogen-bond acceptors (Lipinski definition) is 4. The van der Waals surface area contributed by atoms with Crippen molar-refractivity contribution in [3.63, 3.8) is 0 Å². The Morgan fingerprint density at radius 1 is 1.35 bits per heavy atom. The molecule has 0 fully saturated rings. The van der Waals surface area contributed by atoms with Crippen molar-refractivity contribution in [1.29, 1.82) is 0 Å². The Kier molecular flexibility index (Phi) is 6.02. The molecule has 0 saturated heterocycles. The largest absolute Gasteiger partial charge is 0.506 e. The van der Waals surface area contributed by atoms with Gasteiger partial charge in [-0.25, -0.2) is 4.79 Å². The summed E-state index contributed by atoms with van der Waals surface area (Å²) in [5.74, 6) is -1.12. The number of aromatic amines is 1. The van der Waals surface area contributed by atoms with Gasteiger partial charge in [0.2, 0.25) is 0 Å². The first-order valence-corrected chi connectivity index (χ1v) is 5.58. The van der Waals surface area contributed by atoms with Gasteiger partial charge in [0.05, 0.1) is 6.61 Å². The highest BCUT2D eigenvalue weighted by Gasteiger charge is 2.20. The second-order valence-electron chi connectivity index (χ2n) is 3.15. The number of pyridine rings is 1. The van der Waals surface area contributed by atoms with Crippen molar-refractivity contribution in [3.05, 3.63) is 27.2 Å². The molecule has 0 radical (unpaired) electrons. The molecule has 1 heterocycles. The summed E-state index contributed by atoms with van der Waals surface area (Å²) < 4.78 is 4.67. The van der Waals surface area contributed by atoms with E-state index in [1.165, 1.54) is 0 Å². The number of ether oxygens (including phenoxy) is 1. The zero-order chi connectivity index (χ0) is 13.6. The maximum Gasteiger partial charge on any atom is 0.347 e. The molecule has 0 unspecified atom stereocenters. The topological polar surface area (TPSA) is 79.4 Å². The number of aromatic hydroxyl groups is 1. The van der Waals surface area contributed by atoms with Crippen molar-refractivity contribution in [1.82, 2.24) is 4.98 Å². The molecule has 5 heteroatoms. The van der Waals surface area contributed by atoms with E-state index in [0.29, 0.717) is 11.3 Å². The van der Waals surface area contributed by atoms with Gasteiger partial charge in [-0.1, -0.05) is 13.8 Å². The number of carbonyl (C=O) groups excluding carboxylic acids is 1. The minimum absolute atomic E-state index is 0.157. The molecular formula is C12H19NO4. The zero-order valence-electron chi connectivity index (χ0n) is 10.9. The van der Waals surface area contributed by atoms with Crippen LogP contribution in [-0.4, -0.2) is 22.7 Å². The first kappa shape index (κ1) is 15.2. The summed E-state index contributed by atoms with van der Waals surface area (Å²) in [5.41, 5.74) is 0.0391. The number of aryl methyl sites for hydroxylation is 1. The van der Waals surface area contributed by atoms with Gasteiger partial charge in [0.1, 0.15) is 5.75 Å². The molecule has 0 aliphatic heterocycles. The van der Waals surface area contributed by atoms with Crippen LogP contribution >= 0.6 is 0 Å². The Morgan fingerprint density at radius 2 is 1.88 bits per heavy atom. The molecule has 96 valence electrons. The van der Waals surface area contributed by atoms with E-state index < -0.39 is 11.5 Å². The Labute approximate surface area is 100 Å². The van der Waals surface area contributed by atoms with Gasteiger partial charge in [0.15, 0.2) is 5.56 Å². The van der Waals surface area contributed by atoms with E-state index in [0.717, 1.165) is 0 Å². The van der Waals surface area contributed by atoms with Gasteiger partial charge in [-0.2, -0.15) is 0 Å². The Balaban J connectivity index is 0.00000121. The summed E-state index contributed by atoms with van der Waals surface area (Å²) in [4.78, 5) is 25.2. The molecule has 0 spiro atoms. The van der Waals surface area contributed by atoms with Crippen LogP contribution in [0.15, 0.2) is 4.79 Å². The quantitative estimate of drug-likeness (QED) is 0.775. The number of aromatic nitrogens is 1. The first-order chi connectivity index (χ1) is 7.99. The normalized spacial score (nSPS) is 9.24. The highest BCUT2D eigenvalue weighted by Crippen LogP contribution is 2.20. The van der Waals surface area contributed by atoms with Crippen LogP contribution in [-0.2, 0) is 4.74 Å². The highest BCUT2D eigenvalue weighted by molar-refractivity contribution is 5.92. The molecule has 0 atom stereocenters. The van der Waals surface area contributed by atoms with Crippen molar-refractivity contribution in [2.24, 2.45) is 0 Å².